The standard InChI is InChI=1S/C15H18N4O3S2/c1-2-23-15-19-18-14(24-15)17-13(20)10-5-6-12(16-8-10)22-9-11-4-3-7-21-11/h5-6,8,11H,2-4,7,9H2,1H3,(H,17,18,20)/t11-/m0/s1. The van der Waals surface area contributed by atoms with Crippen LogP contribution >= 0.6 is 23.1 Å². The van der Waals surface area contributed by atoms with E-state index in [9.17, 15) is 4.79 Å². The summed E-state index contributed by atoms with van der Waals surface area (Å²) in [6, 6.07) is 3.36. The monoisotopic (exact) mass is 366 g/mol. The Morgan fingerprint density at radius 2 is 2.42 bits per heavy atom. The van der Waals surface area contributed by atoms with E-state index in [0.29, 0.717) is 23.2 Å². The van der Waals surface area contributed by atoms with Crippen molar-refractivity contribution in [1.29, 1.82) is 0 Å². The Hall–Kier alpha value is -1.71. The first-order valence-electron chi connectivity index (χ1n) is 7.72. The van der Waals surface area contributed by atoms with Gasteiger partial charge >= 0.3 is 0 Å². The zero-order valence-corrected chi connectivity index (χ0v) is 14.9. The summed E-state index contributed by atoms with van der Waals surface area (Å²) in [6.45, 7) is 3.32. The Morgan fingerprint density at radius 1 is 1.50 bits per heavy atom. The highest BCUT2D eigenvalue weighted by Crippen LogP contribution is 2.25. The molecular formula is C15H18N4O3S2. The highest BCUT2D eigenvalue weighted by Gasteiger charge is 2.16. The predicted octanol–water partition coefficient (Wildman–Crippen LogP) is 2.86. The van der Waals surface area contributed by atoms with Crippen LogP contribution in [-0.4, -0.2) is 46.2 Å². The molecule has 1 atom stereocenters. The molecule has 24 heavy (non-hydrogen) atoms. The summed E-state index contributed by atoms with van der Waals surface area (Å²) < 4.78 is 11.9. The Bertz CT molecular complexity index is 672. The number of thioether (sulfide) groups is 1. The number of aromatic nitrogens is 3. The molecule has 1 aliphatic rings. The van der Waals surface area contributed by atoms with Gasteiger partial charge in [-0.15, -0.1) is 10.2 Å². The highest BCUT2D eigenvalue weighted by molar-refractivity contribution is 8.01. The molecule has 2 aromatic heterocycles. The van der Waals surface area contributed by atoms with Gasteiger partial charge in [-0.05, 0) is 24.7 Å². The van der Waals surface area contributed by atoms with Crippen LogP contribution < -0.4 is 10.1 Å². The summed E-state index contributed by atoms with van der Waals surface area (Å²) in [5, 5.41) is 11.2. The molecule has 1 saturated heterocycles. The van der Waals surface area contributed by atoms with Crippen LogP contribution in [0.4, 0.5) is 5.13 Å². The quantitative estimate of drug-likeness (QED) is 0.595. The fourth-order valence-corrected chi connectivity index (χ4v) is 3.81. The summed E-state index contributed by atoms with van der Waals surface area (Å²) in [4.78, 5) is 16.3. The number of hydrogen-bond donors (Lipinski definition) is 1. The largest absolute Gasteiger partial charge is 0.475 e. The zero-order valence-electron chi connectivity index (χ0n) is 13.2. The van der Waals surface area contributed by atoms with Crippen LogP contribution in [0.1, 0.15) is 30.1 Å². The van der Waals surface area contributed by atoms with Gasteiger partial charge in [0.1, 0.15) is 6.61 Å². The molecule has 0 spiro atoms. The van der Waals surface area contributed by atoms with Gasteiger partial charge in [0.25, 0.3) is 5.91 Å². The SMILES string of the molecule is CCSc1nnc(NC(=O)c2ccc(OC[C@@H]3CCCO3)nc2)s1. The molecular weight excluding hydrogens is 348 g/mol. The van der Waals surface area contributed by atoms with Crippen molar-refractivity contribution in [2.75, 3.05) is 24.3 Å². The zero-order chi connectivity index (χ0) is 16.8. The summed E-state index contributed by atoms with van der Waals surface area (Å²) in [5.41, 5.74) is 0.444. The van der Waals surface area contributed by atoms with Crippen LogP contribution in [0.15, 0.2) is 22.7 Å². The maximum atomic E-state index is 12.2. The molecule has 0 aromatic carbocycles. The summed E-state index contributed by atoms with van der Waals surface area (Å²) in [6.07, 6.45) is 3.72. The average Bonchev–Trinajstić information content (AvgIpc) is 3.26. The normalized spacial score (nSPS) is 17.0. The molecule has 3 rings (SSSR count). The minimum absolute atomic E-state index is 0.141. The molecule has 1 N–H and O–H groups in total. The second-order valence-corrected chi connectivity index (χ2v) is 7.58. The molecule has 0 radical (unpaired) electrons. The number of pyridine rings is 1. The van der Waals surface area contributed by atoms with Crippen LogP contribution in [0.5, 0.6) is 5.88 Å². The first-order chi connectivity index (χ1) is 11.7. The number of anilines is 1. The third-order valence-corrected chi connectivity index (χ3v) is 5.19. The lowest BCUT2D eigenvalue weighted by molar-refractivity contribution is 0.0663. The fraction of sp³-hybridized carbons (Fsp3) is 0.467. The van der Waals surface area contributed by atoms with E-state index in [0.717, 1.165) is 29.5 Å². The van der Waals surface area contributed by atoms with Gasteiger partial charge in [0, 0.05) is 18.9 Å². The molecule has 0 aliphatic carbocycles. The molecule has 3 heterocycles. The first-order valence-corrected chi connectivity index (χ1v) is 9.53. The smallest absolute Gasteiger partial charge is 0.259 e. The van der Waals surface area contributed by atoms with Crippen molar-refractivity contribution in [1.82, 2.24) is 15.2 Å². The fourth-order valence-electron chi connectivity index (χ4n) is 2.17. The predicted molar refractivity (Wildman–Crippen MR) is 93.0 cm³/mol. The summed E-state index contributed by atoms with van der Waals surface area (Å²) in [7, 11) is 0. The van der Waals surface area contributed by atoms with Crippen LogP contribution in [0, 0.1) is 0 Å². The summed E-state index contributed by atoms with van der Waals surface area (Å²) in [5.74, 6) is 1.14. The topological polar surface area (TPSA) is 86.2 Å². The van der Waals surface area contributed by atoms with Crippen LogP contribution in [-0.2, 0) is 4.74 Å². The molecule has 1 amide bonds. The number of rotatable bonds is 7. The minimum Gasteiger partial charge on any atom is -0.475 e. The number of hydrogen-bond acceptors (Lipinski definition) is 8. The minimum atomic E-state index is -0.266. The van der Waals surface area contributed by atoms with Gasteiger partial charge in [0.2, 0.25) is 11.0 Å². The van der Waals surface area contributed by atoms with Crippen molar-refractivity contribution < 1.29 is 14.3 Å². The Labute approximate surface area is 148 Å². The highest BCUT2D eigenvalue weighted by atomic mass is 32.2. The van der Waals surface area contributed by atoms with E-state index in [4.69, 9.17) is 9.47 Å². The van der Waals surface area contributed by atoms with Gasteiger partial charge in [0.05, 0.1) is 11.7 Å². The number of nitrogens with zero attached hydrogens (tertiary/aromatic N) is 3. The Morgan fingerprint density at radius 3 is 3.12 bits per heavy atom. The van der Waals surface area contributed by atoms with Crippen molar-refractivity contribution >= 4 is 34.1 Å². The van der Waals surface area contributed by atoms with E-state index < -0.39 is 0 Å². The van der Waals surface area contributed by atoms with Gasteiger partial charge in [-0.3, -0.25) is 10.1 Å². The van der Waals surface area contributed by atoms with Crippen molar-refractivity contribution in [2.24, 2.45) is 0 Å². The Balaban J connectivity index is 1.52. The third-order valence-electron chi connectivity index (χ3n) is 3.33. The van der Waals surface area contributed by atoms with Gasteiger partial charge < -0.3 is 9.47 Å². The van der Waals surface area contributed by atoms with Crippen molar-refractivity contribution in [3.05, 3.63) is 23.9 Å². The first kappa shape index (κ1) is 17.1. The van der Waals surface area contributed by atoms with Crippen LogP contribution in [0.25, 0.3) is 0 Å². The second-order valence-electron chi connectivity index (χ2n) is 5.09. The molecule has 0 bridgehead atoms. The average molecular weight is 366 g/mol. The van der Waals surface area contributed by atoms with Gasteiger partial charge in [0.15, 0.2) is 4.34 Å². The van der Waals surface area contributed by atoms with Crippen molar-refractivity contribution in [3.63, 3.8) is 0 Å². The van der Waals surface area contributed by atoms with Gasteiger partial charge in [-0.2, -0.15) is 0 Å². The number of carbonyl (C=O) groups excluding carboxylic acids is 1. The summed E-state index contributed by atoms with van der Waals surface area (Å²) >= 11 is 2.95. The molecule has 1 fully saturated rings. The molecule has 9 heteroatoms. The second kappa shape index (κ2) is 8.41. The lowest BCUT2D eigenvalue weighted by atomic mass is 10.2. The molecule has 0 saturated carbocycles. The number of carbonyl (C=O) groups is 1. The molecule has 2 aromatic rings. The van der Waals surface area contributed by atoms with E-state index in [-0.39, 0.29) is 12.0 Å². The van der Waals surface area contributed by atoms with E-state index >= 15 is 0 Å². The van der Waals surface area contributed by atoms with E-state index in [2.05, 4.69) is 20.5 Å². The van der Waals surface area contributed by atoms with E-state index in [1.807, 2.05) is 6.92 Å². The number of ether oxygens (including phenoxy) is 2. The third kappa shape index (κ3) is 4.65. The van der Waals surface area contributed by atoms with Gasteiger partial charge in [-0.1, -0.05) is 30.0 Å². The molecule has 7 nitrogen and oxygen atoms in total. The molecule has 1 aliphatic heterocycles. The van der Waals surface area contributed by atoms with Crippen molar-refractivity contribution in [3.8, 4) is 5.88 Å². The number of nitrogens with one attached hydrogen (secondary N) is 1. The molecule has 128 valence electrons. The van der Waals surface area contributed by atoms with E-state index in [1.165, 1.54) is 17.5 Å². The molecule has 0 unspecified atom stereocenters. The lowest BCUT2D eigenvalue weighted by Gasteiger charge is -2.10. The van der Waals surface area contributed by atoms with Crippen LogP contribution in [0.2, 0.25) is 0 Å². The maximum Gasteiger partial charge on any atom is 0.259 e. The van der Waals surface area contributed by atoms with Gasteiger partial charge in [-0.25, -0.2) is 4.98 Å². The van der Waals surface area contributed by atoms with Crippen LogP contribution in [0.3, 0.4) is 0 Å². The van der Waals surface area contributed by atoms with E-state index in [1.54, 1.807) is 23.9 Å². The Kier molecular flexibility index (Phi) is 6.00. The number of amides is 1. The maximum absolute atomic E-state index is 12.2. The lowest BCUT2D eigenvalue weighted by Crippen LogP contribution is -2.17. The van der Waals surface area contributed by atoms with Crippen molar-refractivity contribution in [2.45, 2.75) is 30.2 Å².